The summed E-state index contributed by atoms with van der Waals surface area (Å²) in [5.74, 6) is -0.244. The molecule has 2 aromatic carbocycles. The number of rotatable bonds is 4. The summed E-state index contributed by atoms with van der Waals surface area (Å²) in [6.45, 7) is 1.94. The van der Waals surface area contributed by atoms with Crippen molar-refractivity contribution in [2.24, 2.45) is 0 Å². The summed E-state index contributed by atoms with van der Waals surface area (Å²) in [4.78, 5) is 11.5. The van der Waals surface area contributed by atoms with E-state index in [0.717, 1.165) is 11.1 Å². The molecule has 2 aromatic rings. The molecule has 1 N–H and O–H groups in total. The van der Waals surface area contributed by atoms with Crippen LogP contribution in [0.1, 0.15) is 16.7 Å². The maximum Gasteiger partial charge on any atom is 0.336 e. The summed E-state index contributed by atoms with van der Waals surface area (Å²) in [5, 5.41) is 9.41. The summed E-state index contributed by atoms with van der Waals surface area (Å²) in [6.07, 6.45) is 1.65. The predicted octanol–water partition coefficient (Wildman–Crippen LogP) is 3.63. The monoisotopic (exact) mass is 268 g/mol. The van der Waals surface area contributed by atoms with Crippen LogP contribution in [0.4, 0.5) is 0 Å². The number of carboxylic acid groups (broad SMARTS) is 1. The van der Waals surface area contributed by atoms with E-state index < -0.39 is 5.97 Å². The Balaban J connectivity index is 2.47. The molecule has 20 heavy (non-hydrogen) atoms. The highest BCUT2D eigenvalue weighted by atomic mass is 16.5. The van der Waals surface area contributed by atoms with Crippen LogP contribution >= 0.6 is 0 Å². The number of ether oxygens (including phenoxy) is 1. The van der Waals surface area contributed by atoms with Crippen LogP contribution in [0.5, 0.6) is 5.75 Å². The molecule has 0 fully saturated rings. The van der Waals surface area contributed by atoms with E-state index in [1.807, 2.05) is 43.3 Å². The zero-order valence-corrected chi connectivity index (χ0v) is 11.5. The van der Waals surface area contributed by atoms with Gasteiger partial charge < -0.3 is 9.84 Å². The minimum Gasteiger partial charge on any atom is -0.497 e. The second kappa shape index (κ2) is 6.06. The number of aliphatic carboxylic acids is 1. The van der Waals surface area contributed by atoms with Crippen LogP contribution in [0.2, 0.25) is 0 Å². The third-order valence-corrected chi connectivity index (χ3v) is 2.96. The first-order valence-electron chi connectivity index (χ1n) is 6.26. The van der Waals surface area contributed by atoms with Crippen molar-refractivity contribution >= 4 is 17.6 Å². The smallest absolute Gasteiger partial charge is 0.336 e. The standard InChI is InChI=1S/C17H16O3/c1-12-5-3-7-14(9-12)16(17(18)19)11-13-6-4-8-15(10-13)20-2/h3-11H,1-2H3,(H,18,19)/b16-11+. The van der Waals surface area contributed by atoms with Gasteiger partial charge in [0, 0.05) is 0 Å². The Labute approximate surface area is 118 Å². The molecule has 0 spiro atoms. The first-order valence-corrected chi connectivity index (χ1v) is 6.26. The summed E-state index contributed by atoms with van der Waals surface area (Å²) in [6, 6.07) is 14.8. The highest BCUT2D eigenvalue weighted by molar-refractivity contribution is 6.20. The number of methoxy groups -OCH3 is 1. The lowest BCUT2D eigenvalue weighted by Gasteiger charge is -2.05. The van der Waals surface area contributed by atoms with Crippen LogP contribution in [-0.2, 0) is 4.79 Å². The number of hydrogen-bond acceptors (Lipinski definition) is 2. The van der Waals surface area contributed by atoms with Gasteiger partial charge >= 0.3 is 5.97 Å². The van der Waals surface area contributed by atoms with Crippen molar-refractivity contribution in [3.8, 4) is 5.75 Å². The van der Waals surface area contributed by atoms with Crippen molar-refractivity contribution in [2.45, 2.75) is 6.92 Å². The second-order valence-corrected chi connectivity index (χ2v) is 4.51. The second-order valence-electron chi connectivity index (χ2n) is 4.51. The predicted molar refractivity (Wildman–Crippen MR) is 79.7 cm³/mol. The van der Waals surface area contributed by atoms with Gasteiger partial charge in [0.1, 0.15) is 5.75 Å². The summed E-state index contributed by atoms with van der Waals surface area (Å²) < 4.78 is 5.15. The first kappa shape index (κ1) is 13.9. The van der Waals surface area contributed by atoms with Crippen LogP contribution in [0.3, 0.4) is 0 Å². The van der Waals surface area contributed by atoms with E-state index in [4.69, 9.17) is 4.74 Å². The third-order valence-electron chi connectivity index (χ3n) is 2.96. The average molecular weight is 268 g/mol. The van der Waals surface area contributed by atoms with E-state index >= 15 is 0 Å². The fraction of sp³-hybridized carbons (Fsp3) is 0.118. The fourth-order valence-corrected chi connectivity index (χ4v) is 1.98. The summed E-state index contributed by atoms with van der Waals surface area (Å²) in [7, 11) is 1.58. The number of hydrogen-bond donors (Lipinski definition) is 1. The third kappa shape index (κ3) is 3.26. The summed E-state index contributed by atoms with van der Waals surface area (Å²) in [5.41, 5.74) is 2.78. The minimum atomic E-state index is -0.946. The Bertz CT molecular complexity index is 657. The molecule has 0 heterocycles. The molecule has 0 atom stereocenters. The molecule has 0 aliphatic rings. The quantitative estimate of drug-likeness (QED) is 0.680. The van der Waals surface area contributed by atoms with Crippen molar-refractivity contribution < 1.29 is 14.6 Å². The Morgan fingerprint density at radius 3 is 2.55 bits per heavy atom. The van der Waals surface area contributed by atoms with Gasteiger partial charge in [-0.3, -0.25) is 0 Å². The van der Waals surface area contributed by atoms with Gasteiger partial charge in [-0.05, 0) is 36.3 Å². The van der Waals surface area contributed by atoms with E-state index in [-0.39, 0.29) is 5.57 Å². The molecule has 0 aliphatic carbocycles. The molecule has 0 saturated carbocycles. The van der Waals surface area contributed by atoms with Gasteiger partial charge in [-0.1, -0.05) is 42.0 Å². The van der Waals surface area contributed by atoms with Crippen LogP contribution in [-0.4, -0.2) is 18.2 Å². The van der Waals surface area contributed by atoms with Crippen molar-refractivity contribution in [2.75, 3.05) is 7.11 Å². The molecule has 0 saturated heterocycles. The summed E-state index contributed by atoms with van der Waals surface area (Å²) >= 11 is 0. The molecule has 3 nitrogen and oxygen atoms in total. The van der Waals surface area contributed by atoms with Gasteiger partial charge in [0.25, 0.3) is 0 Å². The molecule has 0 bridgehead atoms. The zero-order valence-electron chi connectivity index (χ0n) is 11.5. The Kier molecular flexibility index (Phi) is 4.20. The van der Waals surface area contributed by atoms with Gasteiger partial charge in [-0.15, -0.1) is 0 Å². The van der Waals surface area contributed by atoms with Crippen molar-refractivity contribution in [3.63, 3.8) is 0 Å². The van der Waals surface area contributed by atoms with E-state index in [1.54, 1.807) is 25.3 Å². The lowest BCUT2D eigenvalue weighted by Crippen LogP contribution is -2.00. The zero-order chi connectivity index (χ0) is 14.5. The van der Waals surface area contributed by atoms with Crippen molar-refractivity contribution in [1.82, 2.24) is 0 Å². The maximum atomic E-state index is 11.5. The van der Waals surface area contributed by atoms with Crippen LogP contribution in [0.25, 0.3) is 11.6 Å². The average Bonchev–Trinajstić information content (AvgIpc) is 2.44. The van der Waals surface area contributed by atoms with Gasteiger partial charge in [0.15, 0.2) is 0 Å². The van der Waals surface area contributed by atoms with E-state index in [2.05, 4.69) is 0 Å². The minimum absolute atomic E-state index is 0.266. The number of carboxylic acids is 1. The van der Waals surface area contributed by atoms with Crippen LogP contribution < -0.4 is 4.74 Å². The van der Waals surface area contributed by atoms with E-state index in [0.29, 0.717) is 11.3 Å². The molecule has 0 aliphatic heterocycles. The van der Waals surface area contributed by atoms with E-state index in [1.165, 1.54) is 0 Å². The number of carbonyl (C=O) groups is 1. The van der Waals surface area contributed by atoms with Gasteiger partial charge in [-0.25, -0.2) is 4.79 Å². The number of aryl methyl sites for hydroxylation is 1. The molecule has 0 unspecified atom stereocenters. The topological polar surface area (TPSA) is 46.5 Å². The van der Waals surface area contributed by atoms with Crippen molar-refractivity contribution in [1.29, 1.82) is 0 Å². The molecule has 102 valence electrons. The molecule has 2 rings (SSSR count). The molecule has 0 amide bonds. The highest BCUT2D eigenvalue weighted by Crippen LogP contribution is 2.21. The largest absolute Gasteiger partial charge is 0.497 e. The van der Waals surface area contributed by atoms with Gasteiger partial charge in [0.05, 0.1) is 12.7 Å². The Hall–Kier alpha value is -2.55. The molecule has 0 aromatic heterocycles. The van der Waals surface area contributed by atoms with Crippen LogP contribution in [0.15, 0.2) is 48.5 Å². The molecular formula is C17H16O3. The Morgan fingerprint density at radius 2 is 1.90 bits per heavy atom. The first-order chi connectivity index (χ1) is 9.60. The SMILES string of the molecule is COc1cccc(/C=C(/C(=O)O)c2cccc(C)c2)c1. The normalized spacial score (nSPS) is 11.2. The van der Waals surface area contributed by atoms with E-state index in [9.17, 15) is 9.90 Å². The lowest BCUT2D eigenvalue weighted by atomic mass is 10.0. The maximum absolute atomic E-state index is 11.5. The van der Waals surface area contributed by atoms with Crippen molar-refractivity contribution in [3.05, 3.63) is 65.2 Å². The molecule has 3 heteroatoms. The van der Waals surface area contributed by atoms with Crippen LogP contribution in [0, 0.1) is 6.92 Å². The Morgan fingerprint density at radius 1 is 1.15 bits per heavy atom. The fourth-order valence-electron chi connectivity index (χ4n) is 1.98. The molecular weight excluding hydrogens is 252 g/mol. The number of benzene rings is 2. The highest BCUT2D eigenvalue weighted by Gasteiger charge is 2.10. The molecule has 0 radical (unpaired) electrons. The lowest BCUT2D eigenvalue weighted by molar-refractivity contribution is -0.130. The van der Waals surface area contributed by atoms with Gasteiger partial charge in [0.2, 0.25) is 0 Å². The van der Waals surface area contributed by atoms with Gasteiger partial charge in [-0.2, -0.15) is 0 Å².